The Bertz CT molecular complexity index is 645. The van der Waals surface area contributed by atoms with E-state index in [4.69, 9.17) is 16.7 Å². The number of hydrogen-bond donors (Lipinski definition) is 1. The molecule has 1 aromatic carbocycles. The van der Waals surface area contributed by atoms with Gasteiger partial charge in [-0.3, -0.25) is 4.79 Å². The van der Waals surface area contributed by atoms with Crippen LogP contribution in [0.4, 0.5) is 0 Å². The summed E-state index contributed by atoms with van der Waals surface area (Å²) in [7, 11) is 0. The topological polar surface area (TPSA) is 55.1 Å². The first kappa shape index (κ1) is 16.5. The van der Waals surface area contributed by atoms with Crippen LogP contribution < -0.4 is 0 Å². The molecule has 2 aromatic rings. The third-order valence-electron chi connectivity index (χ3n) is 2.96. The number of halogens is 1. The summed E-state index contributed by atoms with van der Waals surface area (Å²) in [6.45, 7) is 4.23. The highest BCUT2D eigenvalue weighted by molar-refractivity contribution is 7.99. The van der Waals surface area contributed by atoms with Crippen LogP contribution in [-0.2, 0) is 4.79 Å². The number of hydrogen-bond acceptors (Lipinski definition) is 4. The molecular weight excluding hydrogens is 328 g/mol. The van der Waals surface area contributed by atoms with Crippen LogP contribution in [-0.4, -0.2) is 37.9 Å². The van der Waals surface area contributed by atoms with Gasteiger partial charge in [-0.1, -0.05) is 36.4 Å². The van der Waals surface area contributed by atoms with Crippen LogP contribution >= 0.6 is 35.1 Å². The van der Waals surface area contributed by atoms with Gasteiger partial charge in [0.05, 0.1) is 21.8 Å². The molecule has 1 aromatic heterocycles. The Morgan fingerprint density at radius 3 is 2.95 bits per heavy atom. The summed E-state index contributed by atoms with van der Waals surface area (Å²) < 4.78 is 2.06. The van der Waals surface area contributed by atoms with Gasteiger partial charge in [-0.2, -0.15) is 11.8 Å². The average Bonchev–Trinajstić information content (AvgIpc) is 2.82. The number of rotatable bonds is 7. The summed E-state index contributed by atoms with van der Waals surface area (Å²) in [5.41, 5.74) is 1.69. The lowest BCUT2D eigenvalue weighted by atomic mass is 10.3. The van der Waals surface area contributed by atoms with E-state index in [1.165, 1.54) is 11.8 Å². The largest absolute Gasteiger partial charge is 0.481 e. The zero-order chi connectivity index (χ0) is 15.4. The van der Waals surface area contributed by atoms with Crippen molar-refractivity contribution in [3.8, 4) is 0 Å². The number of benzene rings is 1. The molecule has 21 heavy (non-hydrogen) atoms. The normalized spacial score (nSPS) is 12.7. The Labute approximate surface area is 137 Å². The van der Waals surface area contributed by atoms with Crippen LogP contribution in [0.25, 0.3) is 11.0 Å². The first-order valence-corrected chi connectivity index (χ1v) is 9.15. The van der Waals surface area contributed by atoms with Crippen molar-refractivity contribution in [3.63, 3.8) is 0 Å². The third-order valence-corrected chi connectivity index (χ3v) is 5.33. The molecule has 0 fully saturated rings. The van der Waals surface area contributed by atoms with Crippen molar-refractivity contribution >= 4 is 52.1 Å². The number of imidazole rings is 1. The number of aliphatic carboxylic acids is 1. The Morgan fingerprint density at radius 1 is 1.52 bits per heavy atom. The van der Waals surface area contributed by atoms with Crippen LogP contribution in [0.1, 0.15) is 19.9 Å². The Hall–Kier alpha value is -0.850. The lowest BCUT2D eigenvalue weighted by Gasteiger charge is -2.17. The van der Waals surface area contributed by atoms with E-state index in [0.717, 1.165) is 22.5 Å². The quantitative estimate of drug-likeness (QED) is 0.763. The lowest BCUT2D eigenvalue weighted by molar-refractivity contribution is -0.133. The number of fused-ring (bicyclic) bond motifs is 1. The minimum Gasteiger partial charge on any atom is -0.481 e. The van der Waals surface area contributed by atoms with Gasteiger partial charge < -0.3 is 9.67 Å². The maximum Gasteiger partial charge on any atom is 0.313 e. The summed E-state index contributed by atoms with van der Waals surface area (Å²) in [6, 6.07) is 5.81. The summed E-state index contributed by atoms with van der Waals surface area (Å²) in [5.74, 6) is 1.13. The van der Waals surface area contributed by atoms with Crippen molar-refractivity contribution in [3.05, 3.63) is 23.2 Å². The molecule has 114 valence electrons. The fourth-order valence-corrected chi connectivity index (χ4v) is 3.90. The number of para-hydroxylation sites is 1. The van der Waals surface area contributed by atoms with Crippen molar-refractivity contribution < 1.29 is 9.90 Å². The molecule has 0 saturated heterocycles. The molecule has 0 amide bonds. The van der Waals surface area contributed by atoms with E-state index in [2.05, 4.69) is 23.4 Å². The first-order chi connectivity index (χ1) is 10.0. The number of aromatic nitrogens is 2. The summed E-state index contributed by atoms with van der Waals surface area (Å²) in [4.78, 5) is 15.4. The monoisotopic (exact) mass is 344 g/mol. The highest BCUT2D eigenvalue weighted by Gasteiger charge is 2.19. The smallest absolute Gasteiger partial charge is 0.313 e. The minimum absolute atomic E-state index is 0.00538. The molecule has 1 atom stereocenters. The second-order valence-electron chi connectivity index (χ2n) is 4.56. The Morgan fingerprint density at radius 2 is 2.29 bits per heavy atom. The van der Waals surface area contributed by atoms with Crippen molar-refractivity contribution in [1.82, 2.24) is 9.55 Å². The maximum absolute atomic E-state index is 10.8. The van der Waals surface area contributed by atoms with Gasteiger partial charge in [-0.25, -0.2) is 4.98 Å². The number of carboxylic acid groups (broad SMARTS) is 1. The molecule has 1 unspecified atom stereocenters. The van der Waals surface area contributed by atoms with Gasteiger partial charge in [0.15, 0.2) is 5.16 Å². The summed E-state index contributed by atoms with van der Waals surface area (Å²) in [6.07, 6.45) is 0. The number of carbonyl (C=O) groups is 1. The summed E-state index contributed by atoms with van der Waals surface area (Å²) >= 11 is 9.40. The average molecular weight is 345 g/mol. The van der Waals surface area contributed by atoms with Gasteiger partial charge in [-0.15, -0.1) is 0 Å². The maximum atomic E-state index is 10.8. The van der Waals surface area contributed by atoms with Crippen molar-refractivity contribution in [2.24, 2.45) is 0 Å². The van der Waals surface area contributed by atoms with Gasteiger partial charge in [0.2, 0.25) is 0 Å². The fraction of sp³-hybridized carbons (Fsp3) is 0.429. The van der Waals surface area contributed by atoms with Crippen LogP contribution in [0, 0.1) is 0 Å². The van der Waals surface area contributed by atoms with E-state index in [0.29, 0.717) is 10.2 Å². The predicted molar refractivity (Wildman–Crippen MR) is 90.8 cm³/mol. The second kappa shape index (κ2) is 7.42. The van der Waals surface area contributed by atoms with Gasteiger partial charge >= 0.3 is 5.97 Å². The van der Waals surface area contributed by atoms with E-state index < -0.39 is 5.97 Å². The molecule has 0 radical (unpaired) electrons. The Kier molecular flexibility index (Phi) is 5.84. The van der Waals surface area contributed by atoms with Crippen LogP contribution in [0.3, 0.4) is 0 Å². The zero-order valence-electron chi connectivity index (χ0n) is 11.9. The standard InChI is InChI=1S/C14H17ClN2O2S2/c1-3-20-7-9(2)17-13-10(15)5-4-6-11(13)16-14(17)21-8-12(18)19/h4-6,9H,3,7-8H2,1-2H3,(H,18,19). The van der Waals surface area contributed by atoms with E-state index in [-0.39, 0.29) is 11.8 Å². The zero-order valence-corrected chi connectivity index (χ0v) is 14.3. The highest BCUT2D eigenvalue weighted by atomic mass is 35.5. The van der Waals surface area contributed by atoms with E-state index in [1.807, 2.05) is 30.0 Å². The van der Waals surface area contributed by atoms with E-state index in [9.17, 15) is 4.79 Å². The molecule has 2 rings (SSSR count). The number of nitrogens with zero attached hydrogens (tertiary/aromatic N) is 2. The number of thioether (sulfide) groups is 2. The lowest BCUT2D eigenvalue weighted by Crippen LogP contribution is -2.10. The molecule has 0 aliphatic heterocycles. The molecule has 0 saturated carbocycles. The molecular formula is C14H17ClN2O2S2. The molecule has 0 spiro atoms. The second-order valence-corrected chi connectivity index (χ2v) is 7.23. The van der Waals surface area contributed by atoms with Crippen LogP contribution in [0.15, 0.2) is 23.4 Å². The first-order valence-electron chi connectivity index (χ1n) is 6.63. The van der Waals surface area contributed by atoms with Crippen molar-refractivity contribution in [2.75, 3.05) is 17.3 Å². The molecule has 7 heteroatoms. The minimum atomic E-state index is -0.847. The van der Waals surface area contributed by atoms with Crippen molar-refractivity contribution in [2.45, 2.75) is 25.0 Å². The van der Waals surface area contributed by atoms with E-state index >= 15 is 0 Å². The van der Waals surface area contributed by atoms with Gasteiger partial charge in [-0.05, 0) is 24.8 Å². The molecule has 4 nitrogen and oxygen atoms in total. The van der Waals surface area contributed by atoms with Crippen LogP contribution in [0.2, 0.25) is 5.02 Å². The molecule has 0 aliphatic carbocycles. The molecule has 1 N–H and O–H groups in total. The number of carboxylic acids is 1. The summed E-state index contributed by atoms with van der Waals surface area (Å²) in [5, 5.41) is 10.2. The molecule has 0 aliphatic rings. The molecule has 0 bridgehead atoms. The van der Waals surface area contributed by atoms with Gasteiger partial charge in [0, 0.05) is 11.8 Å². The molecule has 1 heterocycles. The third kappa shape index (κ3) is 3.87. The van der Waals surface area contributed by atoms with Crippen molar-refractivity contribution in [1.29, 1.82) is 0 Å². The Balaban J connectivity index is 2.45. The predicted octanol–water partition coefficient (Wildman–Crippen LogP) is 4.18. The highest BCUT2D eigenvalue weighted by Crippen LogP contribution is 2.33. The fourth-order valence-electron chi connectivity index (χ4n) is 2.09. The SMILES string of the molecule is CCSCC(C)n1c(SCC(=O)O)nc2cccc(Cl)c21. The van der Waals surface area contributed by atoms with Crippen LogP contribution in [0.5, 0.6) is 0 Å². The van der Waals surface area contributed by atoms with Gasteiger partial charge in [0.25, 0.3) is 0 Å². The van der Waals surface area contributed by atoms with E-state index in [1.54, 1.807) is 0 Å². The van der Waals surface area contributed by atoms with Gasteiger partial charge in [0.1, 0.15) is 0 Å².